The van der Waals surface area contributed by atoms with Crippen LogP contribution >= 0.6 is 0 Å². The molecule has 0 radical (unpaired) electrons. The van der Waals surface area contributed by atoms with E-state index in [1.54, 1.807) is 11.1 Å². The molecule has 0 bridgehead atoms. The maximum atomic E-state index is 4.19. The Morgan fingerprint density at radius 3 is 1.75 bits per heavy atom. The predicted molar refractivity (Wildman–Crippen MR) is 343 cm³/mol. The highest BCUT2D eigenvalue weighted by Crippen LogP contribution is 2.62. The number of benzene rings is 6. The summed E-state index contributed by atoms with van der Waals surface area (Å²) in [6, 6.07) is 46.7. The zero-order chi connectivity index (χ0) is 55.6. The molecule has 0 nitrogen and oxygen atoms in total. The summed E-state index contributed by atoms with van der Waals surface area (Å²) in [5, 5.41) is 0. The largest absolute Gasteiger partial charge is 0.0984 e. The highest BCUT2D eigenvalue weighted by atomic mass is 14.5. The van der Waals surface area contributed by atoms with E-state index in [1.165, 1.54) is 144 Å². The van der Waals surface area contributed by atoms with Gasteiger partial charge >= 0.3 is 0 Å². The highest BCUT2D eigenvalue weighted by Gasteiger charge is 2.52. The zero-order valence-electron chi connectivity index (χ0n) is 49.6. The molecular weight excluding hydrogens is 925 g/mol. The Kier molecular flexibility index (Phi) is 21.8. The second-order valence-electron chi connectivity index (χ2n) is 20.5. The third kappa shape index (κ3) is 12.2. The van der Waals surface area contributed by atoms with Crippen LogP contribution in [-0.4, -0.2) is 0 Å². The molecule has 398 valence electrons. The van der Waals surface area contributed by atoms with Gasteiger partial charge in [0.2, 0.25) is 0 Å². The molecule has 0 saturated heterocycles. The number of allylic oxidation sites excluding steroid dienone is 17. The lowest BCUT2D eigenvalue weighted by molar-refractivity contribution is 0.472. The molecular formula is C77H90. The summed E-state index contributed by atoms with van der Waals surface area (Å²) in [5.41, 5.74) is 28.4. The lowest BCUT2D eigenvalue weighted by atomic mass is 9.66. The van der Waals surface area contributed by atoms with Crippen molar-refractivity contribution < 1.29 is 0 Å². The molecule has 0 heteroatoms. The van der Waals surface area contributed by atoms with Crippen molar-refractivity contribution in [3.8, 4) is 22.3 Å². The lowest BCUT2D eigenvalue weighted by Gasteiger charge is -2.38. The fraction of sp³-hybridized carbons (Fsp3) is 0.299. The Morgan fingerprint density at radius 2 is 1.10 bits per heavy atom. The normalized spacial score (nSPS) is 18.1. The molecule has 0 N–H and O–H groups in total. The molecule has 3 atom stereocenters. The van der Waals surface area contributed by atoms with Crippen LogP contribution in [0.3, 0.4) is 0 Å². The number of rotatable bonds is 7. The summed E-state index contributed by atoms with van der Waals surface area (Å²) in [4.78, 5) is 0. The number of fused-ring (bicyclic) bond motifs is 9. The number of unbranched alkanes of at least 4 members (excludes halogenated alkanes) is 1. The summed E-state index contributed by atoms with van der Waals surface area (Å²) in [5.74, 6) is 1.40. The molecule has 11 rings (SSSR count). The minimum atomic E-state index is -0.310. The van der Waals surface area contributed by atoms with Gasteiger partial charge in [-0.3, -0.25) is 0 Å². The fourth-order valence-electron chi connectivity index (χ4n) is 12.1. The van der Waals surface area contributed by atoms with Crippen molar-refractivity contribution in [1.82, 2.24) is 0 Å². The van der Waals surface area contributed by atoms with Crippen LogP contribution in [0.2, 0.25) is 0 Å². The van der Waals surface area contributed by atoms with Gasteiger partial charge in [0.05, 0.1) is 5.41 Å². The summed E-state index contributed by atoms with van der Waals surface area (Å²) in [7, 11) is 0. The maximum Gasteiger partial charge on any atom is 0.0725 e. The van der Waals surface area contributed by atoms with Gasteiger partial charge in [0.1, 0.15) is 0 Å². The third-order valence-corrected chi connectivity index (χ3v) is 15.6. The number of hydrogen-bond acceptors (Lipinski definition) is 0. The van der Waals surface area contributed by atoms with E-state index in [-0.39, 0.29) is 5.41 Å². The van der Waals surface area contributed by atoms with Crippen LogP contribution in [0.25, 0.3) is 39.0 Å². The SMILES string of the molecule is C=CC1=C(/C=C\C)C2(C(/C=C\C)=C(/C=C\C)c3ccc(C)cc32)c2ccccc21.CC.CC.CCCC.Cc1ccc(-c2cccc(C)c2-c2ccccc2C)cc1.Cc1ccc2c(c1)C1C=CCCC1C1=C2C=CCC1. The molecule has 6 aromatic rings. The second-order valence-corrected chi connectivity index (χ2v) is 20.5. The van der Waals surface area contributed by atoms with Gasteiger partial charge in [-0.25, -0.2) is 0 Å². The van der Waals surface area contributed by atoms with Gasteiger partial charge < -0.3 is 0 Å². The average Bonchev–Trinajstić information content (AvgIpc) is 4.12. The first-order valence-electron chi connectivity index (χ1n) is 29.2. The van der Waals surface area contributed by atoms with E-state index < -0.39 is 0 Å². The van der Waals surface area contributed by atoms with Crippen molar-refractivity contribution in [1.29, 1.82) is 0 Å². The van der Waals surface area contributed by atoms with Crippen molar-refractivity contribution in [3.05, 3.63) is 279 Å². The van der Waals surface area contributed by atoms with Crippen LogP contribution in [0.1, 0.15) is 168 Å². The molecule has 3 unspecified atom stereocenters. The van der Waals surface area contributed by atoms with Gasteiger partial charge in [-0.15, -0.1) is 0 Å². The van der Waals surface area contributed by atoms with Crippen LogP contribution in [0.4, 0.5) is 0 Å². The van der Waals surface area contributed by atoms with Crippen LogP contribution in [-0.2, 0) is 5.41 Å². The topological polar surface area (TPSA) is 0 Å². The predicted octanol–water partition coefficient (Wildman–Crippen LogP) is 22.7. The highest BCUT2D eigenvalue weighted by molar-refractivity contribution is 6.00. The molecule has 1 spiro atoms. The van der Waals surface area contributed by atoms with Crippen molar-refractivity contribution in [2.24, 2.45) is 5.92 Å². The standard InChI is InChI=1S/C29H28.C21H20.C19H20.C4H10.2C2H6/c1-6-12-22-24-18-17-20(5)19-28(24)29(26(22)14-8-3)25(13-7-2)21(9-4)23-15-10-11-16-27(23)29;1-15-11-13-18(14-12-15)20-10-6-8-17(3)21(20)19-9-5-4-7-16(19)2;1-13-10-11-18-16-8-3-2-6-14(16)15-7-4-5-9-17(15)19(18)12-13;1-3-4-2;2*1-2/h6-19H,4H2,1-3,5H3;4-14H,1-3H3;3,5,8-12,15,17H,2,4,6-7H2,1H3;3-4H2,1-2H3;2*1-2H3/b12-6-,13-7-,14-8-;;;;;. The first-order valence-corrected chi connectivity index (χ1v) is 29.2. The lowest BCUT2D eigenvalue weighted by Crippen LogP contribution is -2.27. The van der Waals surface area contributed by atoms with Gasteiger partial charge in [-0.1, -0.05) is 277 Å². The van der Waals surface area contributed by atoms with E-state index in [2.05, 4.69) is 264 Å². The van der Waals surface area contributed by atoms with Gasteiger partial charge in [-0.05, 0) is 182 Å². The molecule has 0 heterocycles. The van der Waals surface area contributed by atoms with Crippen LogP contribution in [0, 0.1) is 40.5 Å². The first-order chi connectivity index (χ1) is 37.6. The number of hydrogen-bond donors (Lipinski definition) is 0. The minimum Gasteiger partial charge on any atom is -0.0984 e. The Hall–Kier alpha value is -7.02. The van der Waals surface area contributed by atoms with Crippen molar-refractivity contribution in [3.63, 3.8) is 0 Å². The first kappa shape index (κ1) is 59.2. The van der Waals surface area contributed by atoms with Gasteiger partial charge in [0.25, 0.3) is 0 Å². The Bertz CT molecular complexity index is 3230. The molecule has 5 aliphatic carbocycles. The van der Waals surface area contributed by atoms with Gasteiger partial charge in [0, 0.05) is 5.92 Å². The van der Waals surface area contributed by atoms with Gasteiger partial charge in [0.15, 0.2) is 0 Å². The van der Waals surface area contributed by atoms with E-state index in [1.807, 2.05) is 33.8 Å². The van der Waals surface area contributed by atoms with E-state index in [0.717, 1.165) is 5.92 Å². The Labute approximate surface area is 467 Å². The summed E-state index contributed by atoms with van der Waals surface area (Å²) in [6.45, 7) is 33.8. The molecule has 5 aliphatic rings. The molecule has 0 aromatic heterocycles. The average molecular weight is 1020 g/mol. The van der Waals surface area contributed by atoms with Gasteiger partial charge in [-0.2, -0.15) is 0 Å². The van der Waals surface area contributed by atoms with Crippen molar-refractivity contribution in [2.75, 3.05) is 0 Å². The summed E-state index contributed by atoms with van der Waals surface area (Å²) < 4.78 is 0. The van der Waals surface area contributed by atoms with E-state index in [9.17, 15) is 0 Å². The van der Waals surface area contributed by atoms with Crippen molar-refractivity contribution in [2.45, 2.75) is 147 Å². The summed E-state index contributed by atoms with van der Waals surface area (Å²) >= 11 is 0. The molecule has 0 aliphatic heterocycles. The minimum absolute atomic E-state index is 0.310. The summed E-state index contributed by atoms with van der Waals surface area (Å²) in [6.07, 6.45) is 32.7. The smallest absolute Gasteiger partial charge is 0.0725 e. The number of aryl methyl sites for hydroxylation is 5. The van der Waals surface area contributed by atoms with Crippen LogP contribution < -0.4 is 0 Å². The quantitative estimate of drug-likeness (QED) is 0.140. The molecule has 6 aromatic carbocycles. The maximum absolute atomic E-state index is 4.19. The monoisotopic (exact) mass is 1010 g/mol. The van der Waals surface area contributed by atoms with E-state index >= 15 is 0 Å². The van der Waals surface area contributed by atoms with E-state index in [4.69, 9.17) is 0 Å². The zero-order valence-corrected chi connectivity index (χ0v) is 49.6. The second kappa shape index (κ2) is 28.4. The molecule has 0 saturated carbocycles. The van der Waals surface area contributed by atoms with Crippen LogP contribution in [0.15, 0.2) is 218 Å². The Morgan fingerprint density at radius 1 is 0.532 bits per heavy atom. The van der Waals surface area contributed by atoms with E-state index in [0.29, 0.717) is 5.92 Å². The molecule has 77 heavy (non-hydrogen) atoms. The van der Waals surface area contributed by atoms with Crippen molar-refractivity contribution >= 4 is 16.7 Å². The fourth-order valence-corrected chi connectivity index (χ4v) is 12.1. The molecule has 0 fully saturated rings. The van der Waals surface area contributed by atoms with Crippen LogP contribution in [0.5, 0.6) is 0 Å². The molecule has 0 amide bonds. The Balaban J connectivity index is 0.000000179. The third-order valence-electron chi connectivity index (χ3n) is 15.6.